The number of pyridine rings is 1. The van der Waals surface area contributed by atoms with Gasteiger partial charge in [0.25, 0.3) is 0 Å². The molecule has 2 heteroatoms. The average molecular weight is 322 g/mol. The molecule has 0 bridgehead atoms. The Morgan fingerprint density at radius 1 is 0.880 bits per heavy atom. The lowest BCUT2D eigenvalue weighted by Gasteiger charge is -2.11. The molecule has 0 radical (unpaired) electrons. The average Bonchev–Trinajstić information content (AvgIpc) is 2.66. The summed E-state index contributed by atoms with van der Waals surface area (Å²) in [6, 6.07) is 23.0. The smallest absolute Gasteiger partial charge is 0.0998 e. The molecule has 2 nitrogen and oxygen atoms in total. The Morgan fingerprint density at radius 3 is 2.48 bits per heavy atom. The van der Waals surface area contributed by atoms with Crippen LogP contribution < -0.4 is 0 Å². The van der Waals surface area contributed by atoms with Gasteiger partial charge in [0, 0.05) is 17.1 Å². The highest BCUT2D eigenvalue weighted by molar-refractivity contribution is 5.99. The number of nitriles is 1. The van der Waals surface area contributed by atoms with Crippen molar-refractivity contribution in [1.82, 2.24) is 4.98 Å². The monoisotopic (exact) mass is 322 g/mol. The van der Waals surface area contributed by atoms with Gasteiger partial charge >= 0.3 is 0 Å². The molecule has 3 aromatic carbocycles. The van der Waals surface area contributed by atoms with E-state index in [1.54, 1.807) is 0 Å². The summed E-state index contributed by atoms with van der Waals surface area (Å²) in [5.41, 5.74) is 3.92. The van der Waals surface area contributed by atoms with E-state index < -0.39 is 0 Å². The maximum absolute atomic E-state index is 9.55. The summed E-state index contributed by atoms with van der Waals surface area (Å²) in [6.45, 7) is 4.40. The molecular weight excluding hydrogens is 304 g/mol. The summed E-state index contributed by atoms with van der Waals surface area (Å²) in [5.74, 6) is 0.492. The number of rotatable bonds is 2. The van der Waals surface area contributed by atoms with Gasteiger partial charge in [0.15, 0.2) is 0 Å². The lowest BCUT2D eigenvalue weighted by Crippen LogP contribution is -1.91. The van der Waals surface area contributed by atoms with Crippen LogP contribution in [0.1, 0.15) is 30.9 Å². The van der Waals surface area contributed by atoms with E-state index >= 15 is 0 Å². The van der Waals surface area contributed by atoms with Gasteiger partial charge in [-0.25, -0.2) is 0 Å². The Labute approximate surface area is 147 Å². The molecular formula is C23H18N2. The summed E-state index contributed by atoms with van der Waals surface area (Å²) >= 11 is 0. The standard InChI is InChI=1S/C23H18N2/c1-15(2)16-7-8-22-18(11-16)9-10-25-23(22)19-12-17-5-3-4-6-21(17)20(13-19)14-24/h3-13,15H,1-2H3. The van der Waals surface area contributed by atoms with Crippen LogP contribution in [0.25, 0.3) is 32.8 Å². The number of aromatic nitrogens is 1. The Kier molecular flexibility index (Phi) is 3.71. The third-order valence-electron chi connectivity index (χ3n) is 4.71. The first-order chi connectivity index (χ1) is 12.2. The quantitative estimate of drug-likeness (QED) is 0.450. The highest BCUT2D eigenvalue weighted by Gasteiger charge is 2.10. The van der Waals surface area contributed by atoms with Gasteiger partial charge in [-0.15, -0.1) is 0 Å². The van der Waals surface area contributed by atoms with Gasteiger partial charge in [0.1, 0.15) is 0 Å². The second kappa shape index (κ2) is 6.03. The lowest BCUT2D eigenvalue weighted by molar-refractivity contribution is 0.869. The van der Waals surface area contributed by atoms with E-state index in [9.17, 15) is 5.26 Å². The zero-order valence-corrected chi connectivity index (χ0v) is 14.3. The molecule has 0 fully saturated rings. The van der Waals surface area contributed by atoms with Gasteiger partial charge in [-0.05, 0) is 45.8 Å². The van der Waals surface area contributed by atoms with Crippen molar-refractivity contribution in [3.8, 4) is 17.3 Å². The van der Waals surface area contributed by atoms with Gasteiger partial charge < -0.3 is 0 Å². The molecule has 0 aliphatic heterocycles. The fourth-order valence-electron chi connectivity index (χ4n) is 3.33. The highest BCUT2D eigenvalue weighted by atomic mass is 14.7. The molecule has 0 aliphatic rings. The third kappa shape index (κ3) is 2.64. The topological polar surface area (TPSA) is 36.7 Å². The zero-order valence-electron chi connectivity index (χ0n) is 14.3. The Bertz CT molecular complexity index is 1130. The van der Waals surface area contributed by atoms with Crippen molar-refractivity contribution in [1.29, 1.82) is 5.26 Å². The van der Waals surface area contributed by atoms with E-state index in [4.69, 9.17) is 0 Å². The normalized spacial score (nSPS) is 11.1. The van der Waals surface area contributed by atoms with E-state index in [-0.39, 0.29) is 0 Å². The van der Waals surface area contributed by atoms with Crippen LogP contribution in [-0.4, -0.2) is 4.98 Å². The van der Waals surface area contributed by atoms with Crippen molar-refractivity contribution in [2.45, 2.75) is 19.8 Å². The van der Waals surface area contributed by atoms with Crippen molar-refractivity contribution in [3.05, 3.63) is 78.0 Å². The van der Waals surface area contributed by atoms with Gasteiger partial charge in [0.2, 0.25) is 0 Å². The Balaban J connectivity index is 1.99. The van der Waals surface area contributed by atoms with Crippen LogP contribution in [0.15, 0.2) is 66.9 Å². The summed E-state index contributed by atoms with van der Waals surface area (Å²) in [4.78, 5) is 4.62. The molecule has 0 unspecified atom stereocenters. The second-order valence-electron chi connectivity index (χ2n) is 6.65. The molecule has 0 spiro atoms. The highest BCUT2D eigenvalue weighted by Crippen LogP contribution is 2.32. The van der Waals surface area contributed by atoms with E-state index in [1.807, 2.05) is 36.5 Å². The van der Waals surface area contributed by atoms with E-state index in [0.29, 0.717) is 11.5 Å². The summed E-state index contributed by atoms with van der Waals surface area (Å²) < 4.78 is 0. The summed E-state index contributed by atoms with van der Waals surface area (Å²) in [6.07, 6.45) is 1.85. The zero-order chi connectivity index (χ0) is 17.4. The maximum Gasteiger partial charge on any atom is 0.0998 e. The van der Waals surface area contributed by atoms with Crippen molar-refractivity contribution < 1.29 is 0 Å². The number of hydrogen-bond donors (Lipinski definition) is 0. The third-order valence-corrected chi connectivity index (χ3v) is 4.71. The SMILES string of the molecule is CC(C)c1ccc2c(-c3cc(C#N)c4ccccc4c3)nccc2c1. The maximum atomic E-state index is 9.55. The van der Waals surface area contributed by atoms with Crippen LogP contribution in [0.4, 0.5) is 0 Å². The number of hydrogen-bond acceptors (Lipinski definition) is 2. The molecule has 1 heterocycles. The first-order valence-corrected chi connectivity index (χ1v) is 8.49. The second-order valence-corrected chi connectivity index (χ2v) is 6.65. The molecule has 25 heavy (non-hydrogen) atoms. The van der Waals surface area contributed by atoms with E-state index in [0.717, 1.165) is 27.4 Å². The van der Waals surface area contributed by atoms with E-state index in [2.05, 4.69) is 55.2 Å². The van der Waals surface area contributed by atoms with Crippen LogP contribution in [0.5, 0.6) is 0 Å². The largest absolute Gasteiger partial charge is 0.256 e. The molecule has 1 aromatic heterocycles. The molecule has 0 N–H and O–H groups in total. The van der Waals surface area contributed by atoms with Crippen LogP contribution in [0.3, 0.4) is 0 Å². The minimum Gasteiger partial charge on any atom is -0.256 e. The van der Waals surface area contributed by atoms with Crippen LogP contribution in [-0.2, 0) is 0 Å². The summed E-state index contributed by atoms with van der Waals surface area (Å²) in [5, 5.41) is 13.9. The van der Waals surface area contributed by atoms with Gasteiger partial charge in [-0.3, -0.25) is 4.98 Å². The first kappa shape index (κ1) is 15.4. The lowest BCUT2D eigenvalue weighted by atomic mass is 9.95. The number of fused-ring (bicyclic) bond motifs is 2. The van der Waals surface area contributed by atoms with E-state index in [1.165, 1.54) is 10.9 Å². The van der Waals surface area contributed by atoms with Crippen molar-refractivity contribution in [2.75, 3.05) is 0 Å². The van der Waals surface area contributed by atoms with Gasteiger partial charge in [-0.2, -0.15) is 5.26 Å². The molecule has 0 aliphatic carbocycles. The number of benzene rings is 3. The van der Waals surface area contributed by atoms with Crippen LogP contribution in [0.2, 0.25) is 0 Å². The molecule has 120 valence electrons. The molecule has 0 amide bonds. The van der Waals surface area contributed by atoms with Gasteiger partial charge in [-0.1, -0.05) is 56.3 Å². The predicted molar refractivity (Wildman–Crippen MR) is 103 cm³/mol. The van der Waals surface area contributed by atoms with Crippen molar-refractivity contribution in [3.63, 3.8) is 0 Å². The van der Waals surface area contributed by atoms with Crippen molar-refractivity contribution >= 4 is 21.5 Å². The van der Waals surface area contributed by atoms with Crippen molar-refractivity contribution in [2.24, 2.45) is 0 Å². The fraction of sp³-hybridized carbons (Fsp3) is 0.130. The molecule has 0 atom stereocenters. The Hall–Kier alpha value is -3.18. The Morgan fingerprint density at radius 2 is 1.68 bits per heavy atom. The van der Waals surface area contributed by atoms with Gasteiger partial charge in [0.05, 0.1) is 17.3 Å². The van der Waals surface area contributed by atoms with Crippen LogP contribution >= 0.6 is 0 Å². The minimum absolute atomic E-state index is 0.492. The first-order valence-electron chi connectivity index (χ1n) is 8.49. The minimum atomic E-state index is 0.492. The predicted octanol–water partition coefficient (Wildman–Crippen LogP) is 6.05. The molecule has 0 saturated heterocycles. The van der Waals surface area contributed by atoms with Crippen LogP contribution in [0, 0.1) is 11.3 Å². The number of nitrogens with zero attached hydrogens (tertiary/aromatic N) is 2. The molecule has 4 aromatic rings. The molecule has 0 saturated carbocycles. The fourth-order valence-corrected chi connectivity index (χ4v) is 3.33. The summed E-state index contributed by atoms with van der Waals surface area (Å²) in [7, 11) is 0. The molecule has 4 rings (SSSR count).